The number of aliphatic hydroxyl groups is 1. The van der Waals surface area contributed by atoms with E-state index >= 15 is 0 Å². The van der Waals surface area contributed by atoms with E-state index in [0.717, 1.165) is 26.2 Å². The van der Waals surface area contributed by atoms with E-state index in [2.05, 4.69) is 42.3 Å². The van der Waals surface area contributed by atoms with Gasteiger partial charge in [0.05, 0.1) is 12.1 Å². The molecule has 2 fully saturated rings. The third-order valence-electron chi connectivity index (χ3n) is 4.91. The average molecular weight is 303 g/mol. The van der Waals surface area contributed by atoms with Crippen molar-refractivity contribution < 1.29 is 9.90 Å². The molecule has 22 heavy (non-hydrogen) atoms. The van der Waals surface area contributed by atoms with Gasteiger partial charge in [0.15, 0.2) is 0 Å². The summed E-state index contributed by atoms with van der Waals surface area (Å²) in [6.45, 7) is 8.05. The lowest BCUT2D eigenvalue weighted by atomic mass is 10.1. The second-order valence-corrected chi connectivity index (χ2v) is 6.38. The van der Waals surface area contributed by atoms with Crippen molar-refractivity contribution in [2.24, 2.45) is 0 Å². The van der Waals surface area contributed by atoms with Crippen molar-refractivity contribution in [1.29, 1.82) is 0 Å². The van der Waals surface area contributed by atoms with E-state index in [1.807, 2.05) is 4.90 Å². The zero-order chi connectivity index (χ0) is 15.7. The van der Waals surface area contributed by atoms with Crippen LogP contribution in [0.25, 0.3) is 0 Å². The molecule has 0 aromatic heterocycles. The molecule has 2 aliphatic rings. The van der Waals surface area contributed by atoms with E-state index in [9.17, 15) is 9.90 Å². The Hall–Kier alpha value is -1.59. The van der Waals surface area contributed by atoms with Crippen LogP contribution in [0.2, 0.25) is 0 Å². The Morgan fingerprint density at radius 3 is 2.59 bits per heavy atom. The van der Waals surface area contributed by atoms with Crippen LogP contribution < -0.4 is 10.2 Å². The summed E-state index contributed by atoms with van der Waals surface area (Å²) in [5.41, 5.74) is 3.91. The largest absolute Gasteiger partial charge is 0.392 e. The topological polar surface area (TPSA) is 55.8 Å². The molecule has 0 spiro atoms. The van der Waals surface area contributed by atoms with Gasteiger partial charge in [0, 0.05) is 38.4 Å². The average Bonchev–Trinajstić information content (AvgIpc) is 2.96. The number of hydrogen-bond donors (Lipinski definition) is 2. The summed E-state index contributed by atoms with van der Waals surface area (Å²) in [6.07, 6.45) is 0.154. The van der Waals surface area contributed by atoms with Gasteiger partial charge in [-0.3, -0.25) is 4.79 Å². The van der Waals surface area contributed by atoms with E-state index in [-0.39, 0.29) is 18.1 Å². The van der Waals surface area contributed by atoms with E-state index in [1.54, 1.807) is 0 Å². The first-order chi connectivity index (χ1) is 10.6. The molecule has 2 saturated heterocycles. The van der Waals surface area contributed by atoms with Crippen molar-refractivity contribution in [3.8, 4) is 0 Å². The summed E-state index contributed by atoms with van der Waals surface area (Å²) >= 11 is 0. The van der Waals surface area contributed by atoms with Gasteiger partial charge in [-0.1, -0.05) is 12.1 Å². The molecular formula is C17H25N3O2. The smallest absolute Gasteiger partial charge is 0.239 e. The maximum absolute atomic E-state index is 12.4. The molecule has 0 unspecified atom stereocenters. The first kappa shape index (κ1) is 15.3. The van der Waals surface area contributed by atoms with Crippen LogP contribution >= 0.6 is 0 Å². The van der Waals surface area contributed by atoms with Gasteiger partial charge in [-0.15, -0.1) is 0 Å². The van der Waals surface area contributed by atoms with E-state index in [1.165, 1.54) is 16.8 Å². The number of β-amino-alcohol motifs (C(OH)–C–C–N with tert-alkyl or cyclic N) is 1. The second-order valence-electron chi connectivity index (χ2n) is 6.38. The number of aryl methyl sites for hydroxylation is 1. The molecule has 2 N–H and O–H groups in total. The van der Waals surface area contributed by atoms with Crippen LogP contribution in [-0.4, -0.2) is 60.8 Å². The molecule has 5 nitrogen and oxygen atoms in total. The van der Waals surface area contributed by atoms with E-state index in [4.69, 9.17) is 0 Å². The number of aliphatic hydroxyl groups excluding tert-OH is 1. The highest BCUT2D eigenvalue weighted by atomic mass is 16.3. The minimum atomic E-state index is -0.384. The normalized spacial score (nSPS) is 25.6. The number of piperazine rings is 1. The molecule has 0 aliphatic carbocycles. The van der Waals surface area contributed by atoms with Crippen LogP contribution in [-0.2, 0) is 4.79 Å². The Morgan fingerprint density at radius 2 is 1.95 bits per heavy atom. The number of nitrogens with one attached hydrogen (secondary N) is 1. The van der Waals surface area contributed by atoms with Gasteiger partial charge in [-0.05, 0) is 37.5 Å². The number of nitrogens with zero attached hydrogens (tertiary/aromatic N) is 2. The second kappa shape index (κ2) is 6.26. The van der Waals surface area contributed by atoms with Crippen LogP contribution in [0.1, 0.15) is 17.5 Å². The summed E-state index contributed by atoms with van der Waals surface area (Å²) < 4.78 is 0. The van der Waals surface area contributed by atoms with Gasteiger partial charge in [0.25, 0.3) is 0 Å². The minimum Gasteiger partial charge on any atom is -0.392 e. The highest BCUT2D eigenvalue weighted by Crippen LogP contribution is 2.24. The molecule has 1 aromatic rings. The summed E-state index contributed by atoms with van der Waals surface area (Å²) in [5, 5.41) is 12.7. The van der Waals surface area contributed by atoms with Gasteiger partial charge in [-0.25, -0.2) is 0 Å². The summed E-state index contributed by atoms with van der Waals surface area (Å²) in [5.74, 6) is 0.136. The highest BCUT2D eigenvalue weighted by molar-refractivity contribution is 5.82. The van der Waals surface area contributed by atoms with Crippen molar-refractivity contribution in [3.63, 3.8) is 0 Å². The Morgan fingerprint density at radius 1 is 1.23 bits per heavy atom. The van der Waals surface area contributed by atoms with Gasteiger partial charge >= 0.3 is 0 Å². The number of carbonyl (C=O) groups excluding carboxylic acids is 1. The van der Waals surface area contributed by atoms with Crippen molar-refractivity contribution in [2.75, 3.05) is 37.6 Å². The number of amides is 1. The quantitative estimate of drug-likeness (QED) is 0.843. The summed E-state index contributed by atoms with van der Waals surface area (Å²) in [7, 11) is 0. The van der Waals surface area contributed by atoms with Crippen LogP contribution in [0.15, 0.2) is 18.2 Å². The molecular weight excluding hydrogens is 278 g/mol. The third kappa shape index (κ3) is 2.96. The Balaban J connectivity index is 1.60. The highest BCUT2D eigenvalue weighted by Gasteiger charge is 2.32. The number of carbonyl (C=O) groups is 1. The molecule has 2 aliphatic heterocycles. The number of benzene rings is 1. The van der Waals surface area contributed by atoms with Crippen LogP contribution in [0.5, 0.6) is 0 Å². The Labute approximate surface area is 131 Å². The molecule has 1 aromatic carbocycles. The fourth-order valence-electron chi connectivity index (χ4n) is 3.37. The molecule has 1 amide bonds. The van der Waals surface area contributed by atoms with Crippen molar-refractivity contribution in [3.05, 3.63) is 29.3 Å². The first-order valence-electron chi connectivity index (χ1n) is 8.07. The van der Waals surface area contributed by atoms with Gasteiger partial charge in [-0.2, -0.15) is 0 Å². The van der Waals surface area contributed by atoms with Crippen molar-refractivity contribution >= 4 is 11.6 Å². The predicted octanol–water partition coefficient (Wildman–Crippen LogP) is 0.675. The monoisotopic (exact) mass is 303 g/mol. The van der Waals surface area contributed by atoms with Crippen LogP contribution in [0, 0.1) is 13.8 Å². The van der Waals surface area contributed by atoms with Crippen LogP contribution in [0.4, 0.5) is 5.69 Å². The molecule has 0 bridgehead atoms. The van der Waals surface area contributed by atoms with Crippen molar-refractivity contribution in [2.45, 2.75) is 32.4 Å². The van der Waals surface area contributed by atoms with Gasteiger partial charge in [0.2, 0.25) is 5.91 Å². The molecule has 2 heterocycles. The molecule has 3 rings (SSSR count). The maximum Gasteiger partial charge on any atom is 0.239 e. The number of hydrogen-bond acceptors (Lipinski definition) is 4. The fraction of sp³-hybridized carbons (Fsp3) is 0.588. The SMILES string of the molecule is Cc1cccc(N2CCN(C(=O)[C@H]3C[C@@H](O)CN3)CC2)c1C. The van der Waals surface area contributed by atoms with E-state index in [0.29, 0.717) is 13.0 Å². The lowest BCUT2D eigenvalue weighted by molar-refractivity contribution is -0.133. The molecule has 0 radical (unpaired) electrons. The van der Waals surface area contributed by atoms with Crippen LogP contribution in [0.3, 0.4) is 0 Å². The zero-order valence-electron chi connectivity index (χ0n) is 13.4. The standard InChI is InChI=1S/C17H25N3O2/c1-12-4-3-5-16(13(12)2)19-6-8-20(9-7-19)17(22)15-10-14(21)11-18-15/h3-5,14-15,18,21H,6-11H2,1-2H3/t14-,15-/m1/s1. The number of rotatable bonds is 2. The minimum absolute atomic E-state index is 0.136. The number of anilines is 1. The van der Waals surface area contributed by atoms with E-state index < -0.39 is 0 Å². The molecule has 2 atom stereocenters. The maximum atomic E-state index is 12.4. The lowest BCUT2D eigenvalue weighted by Gasteiger charge is -2.38. The molecule has 0 saturated carbocycles. The Kier molecular flexibility index (Phi) is 4.36. The van der Waals surface area contributed by atoms with Crippen molar-refractivity contribution in [1.82, 2.24) is 10.2 Å². The zero-order valence-corrected chi connectivity index (χ0v) is 13.4. The fourth-order valence-corrected chi connectivity index (χ4v) is 3.37. The summed E-state index contributed by atoms with van der Waals surface area (Å²) in [6, 6.07) is 6.19. The Bertz CT molecular complexity index is 553. The first-order valence-corrected chi connectivity index (χ1v) is 8.07. The lowest BCUT2D eigenvalue weighted by Crippen LogP contribution is -2.53. The van der Waals surface area contributed by atoms with Gasteiger partial charge < -0.3 is 20.2 Å². The summed E-state index contributed by atoms with van der Waals surface area (Å²) in [4.78, 5) is 16.7. The predicted molar refractivity (Wildman–Crippen MR) is 87.1 cm³/mol. The third-order valence-corrected chi connectivity index (χ3v) is 4.91. The molecule has 120 valence electrons. The van der Waals surface area contributed by atoms with Gasteiger partial charge in [0.1, 0.15) is 0 Å². The molecule has 5 heteroatoms.